The first-order chi connectivity index (χ1) is 11.9. The molecule has 0 N–H and O–H groups in total. The lowest BCUT2D eigenvalue weighted by molar-refractivity contribution is -0.144. The number of aromatic nitrogens is 2. The number of hydrogen-bond donors (Lipinski definition) is 0. The van der Waals surface area contributed by atoms with Crippen molar-refractivity contribution < 1.29 is 26.3 Å². The van der Waals surface area contributed by atoms with Gasteiger partial charge < -0.3 is 4.74 Å². The molecule has 1 aromatic carbocycles. The second kappa shape index (κ2) is 5.62. The van der Waals surface area contributed by atoms with Gasteiger partial charge in [-0.15, -0.1) is 0 Å². The highest BCUT2D eigenvalue weighted by molar-refractivity contribution is 7.92. The van der Waals surface area contributed by atoms with Gasteiger partial charge in [-0.3, -0.25) is 13.7 Å². The molecule has 2 aromatic rings. The predicted octanol–water partition coefficient (Wildman–Crippen LogP) is 0.671. The van der Waals surface area contributed by atoms with Gasteiger partial charge in [0, 0.05) is 20.2 Å². The third kappa shape index (κ3) is 2.75. The molecule has 0 atom stereocenters. The van der Waals surface area contributed by atoms with Crippen molar-refractivity contribution in [3.63, 3.8) is 0 Å². The topological polar surface area (TPSA) is 90.6 Å². The smallest absolute Gasteiger partial charge is 0.431 e. The lowest BCUT2D eigenvalue weighted by atomic mass is 10.2. The lowest BCUT2D eigenvalue weighted by Crippen LogP contribution is -2.41. The summed E-state index contributed by atoms with van der Waals surface area (Å²) in [7, 11) is -1.59. The Morgan fingerprint density at radius 2 is 1.77 bits per heavy atom. The summed E-state index contributed by atoms with van der Waals surface area (Å²) in [5.41, 5.74) is -3.82. The molecule has 0 spiro atoms. The van der Waals surface area contributed by atoms with Gasteiger partial charge in [-0.25, -0.2) is 17.8 Å². The maximum absolute atomic E-state index is 12.9. The summed E-state index contributed by atoms with van der Waals surface area (Å²) >= 11 is 0. The Hall–Kier alpha value is -2.76. The van der Waals surface area contributed by atoms with Crippen LogP contribution in [0.5, 0.6) is 5.75 Å². The van der Waals surface area contributed by atoms with Gasteiger partial charge >= 0.3 is 11.9 Å². The molecule has 0 saturated carbocycles. The molecule has 0 unspecified atom stereocenters. The molecule has 0 bridgehead atoms. The molecule has 140 valence electrons. The summed E-state index contributed by atoms with van der Waals surface area (Å²) in [4.78, 5) is 24.4. The molecule has 0 amide bonds. The number of sulfonamides is 1. The highest BCUT2D eigenvalue weighted by Crippen LogP contribution is 2.35. The largest absolute Gasteiger partial charge is 0.474 e. The van der Waals surface area contributed by atoms with E-state index in [2.05, 4.69) is 0 Å². The zero-order chi connectivity index (χ0) is 19.4. The molecule has 8 nitrogen and oxygen atoms in total. The van der Waals surface area contributed by atoms with E-state index >= 15 is 0 Å². The molecule has 0 fully saturated rings. The minimum Gasteiger partial charge on any atom is -0.474 e. The fourth-order valence-corrected chi connectivity index (χ4v) is 3.39. The van der Waals surface area contributed by atoms with Crippen LogP contribution in [-0.2, 0) is 23.2 Å². The van der Waals surface area contributed by atoms with Gasteiger partial charge in [-0.05, 0) is 18.2 Å². The second-order valence-corrected chi connectivity index (χ2v) is 7.48. The minimum absolute atomic E-state index is 0.0580. The Kier molecular flexibility index (Phi) is 3.90. The Morgan fingerprint density at radius 1 is 1.12 bits per heavy atom. The zero-order valence-electron chi connectivity index (χ0n) is 13.4. The third-order valence-electron chi connectivity index (χ3n) is 3.93. The average Bonchev–Trinajstić information content (AvgIpc) is 2.54. The van der Waals surface area contributed by atoms with Crippen molar-refractivity contribution in [2.45, 2.75) is 6.18 Å². The summed E-state index contributed by atoms with van der Waals surface area (Å²) in [5.74, 6) is -0.374. The van der Waals surface area contributed by atoms with Crippen LogP contribution in [-0.4, -0.2) is 30.5 Å². The Balaban J connectivity index is 2.24. The molecule has 0 radical (unpaired) electrons. The van der Waals surface area contributed by atoms with Gasteiger partial charge in [-0.1, -0.05) is 0 Å². The van der Waals surface area contributed by atoms with E-state index in [9.17, 15) is 31.2 Å². The first-order valence-electron chi connectivity index (χ1n) is 7.07. The zero-order valence-corrected chi connectivity index (χ0v) is 14.3. The maximum Gasteiger partial charge on any atom is 0.431 e. The predicted molar refractivity (Wildman–Crippen MR) is 85.1 cm³/mol. The summed E-state index contributed by atoms with van der Waals surface area (Å²) in [6.45, 7) is 0. The van der Waals surface area contributed by atoms with Gasteiger partial charge in [0.05, 0.1) is 11.4 Å². The van der Waals surface area contributed by atoms with Crippen LogP contribution < -0.4 is 20.3 Å². The van der Waals surface area contributed by atoms with E-state index < -0.39 is 39.1 Å². The Bertz CT molecular complexity index is 1120. The Labute approximate surface area is 144 Å². The summed E-state index contributed by atoms with van der Waals surface area (Å²) in [6, 6.07) is 4.10. The maximum atomic E-state index is 12.9. The number of ether oxygens (including phenoxy) is 1. The average molecular weight is 391 g/mol. The van der Waals surface area contributed by atoms with E-state index in [0.717, 1.165) is 11.4 Å². The van der Waals surface area contributed by atoms with Crippen LogP contribution in [0.4, 0.5) is 18.9 Å². The molecule has 2 heterocycles. The second-order valence-electron chi connectivity index (χ2n) is 5.54. The van der Waals surface area contributed by atoms with E-state index in [0.29, 0.717) is 15.2 Å². The van der Waals surface area contributed by atoms with Crippen molar-refractivity contribution in [1.29, 1.82) is 0 Å². The van der Waals surface area contributed by atoms with Gasteiger partial charge in [0.25, 0.3) is 15.6 Å². The lowest BCUT2D eigenvalue weighted by Gasteiger charge is -2.27. The van der Waals surface area contributed by atoms with Crippen molar-refractivity contribution in [3.05, 3.63) is 50.8 Å². The molecule has 1 aliphatic rings. The standard InChI is InChI=1S/C14H12F3N3O5S/c1-18-11(14(15,16)17)6-12(21)20(13(18)22)8-3-4-10-9(5-8)19(2)26(23,24)7-25-10/h3-6H,7H2,1-2H3. The molecule has 26 heavy (non-hydrogen) atoms. The fourth-order valence-electron chi connectivity index (χ4n) is 2.52. The number of rotatable bonds is 1. The van der Waals surface area contributed by atoms with Crippen molar-refractivity contribution in [3.8, 4) is 11.4 Å². The molecule has 12 heteroatoms. The number of nitrogens with zero attached hydrogens (tertiary/aromatic N) is 3. The molecule has 0 aliphatic carbocycles. The highest BCUT2D eigenvalue weighted by atomic mass is 32.2. The summed E-state index contributed by atoms with van der Waals surface area (Å²) in [5, 5.41) is 0. The van der Waals surface area contributed by atoms with Crippen molar-refractivity contribution >= 4 is 15.7 Å². The van der Waals surface area contributed by atoms with Gasteiger partial charge in [0.2, 0.25) is 5.94 Å². The molecule has 0 saturated heterocycles. The van der Waals surface area contributed by atoms with E-state index in [1.165, 1.54) is 25.2 Å². The number of alkyl halides is 3. The van der Waals surface area contributed by atoms with Crippen LogP contribution in [0.25, 0.3) is 5.69 Å². The first kappa shape index (κ1) is 18.0. The van der Waals surface area contributed by atoms with E-state index in [1.807, 2.05) is 0 Å². The highest BCUT2D eigenvalue weighted by Gasteiger charge is 2.35. The molecule has 1 aromatic heterocycles. The number of anilines is 1. The number of hydrogen-bond acceptors (Lipinski definition) is 5. The van der Waals surface area contributed by atoms with Crippen LogP contribution in [0, 0.1) is 0 Å². The SMILES string of the molecule is CN1c2cc(-n3c(=O)cc(C(F)(F)F)n(C)c3=O)ccc2OCS1(=O)=O. The fraction of sp³-hybridized carbons (Fsp3) is 0.286. The van der Waals surface area contributed by atoms with Crippen LogP contribution in [0.1, 0.15) is 5.69 Å². The minimum atomic E-state index is -4.87. The van der Waals surface area contributed by atoms with Crippen LogP contribution in [0.3, 0.4) is 0 Å². The number of halogens is 3. The first-order valence-corrected chi connectivity index (χ1v) is 8.68. The van der Waals surface area contributed by atoms with Crippen LogP contribution in [0.2, 0.25) is 0 Å². The summed E-state index contributed by atoms with van der Waals surface area (Å²) < 4.78 is 69.3. The third-order valence-corrected chi connectivity index (χ3v) is 5.38. The normalized spacial score (nSPS) is 16.1. The van der Waals surface area contributed by atoms with E-state index in [4.69, 9.17) is 4.74 Å². The van der Waals surface area contributed by atoms with E-state index in [-0.39, 0.29) is 17.1 Å². The molecule has 3 rings (SSSR count). The van der Waals surface area contributed by atoms with Gasteiger partial charge in [-0.2, -0.15) is 13.2 Å². The molecule has 1 aliphatic heterocycles. The van der Waals surface area contributed by atoms with Crippen molar-refractivity contribution in [2.24, 2.45) is 7.05 Å². The number of fused-ring (bicyclic) bond motifs is 1. The Morgan fingerprint density at radius 3 is 2.38 bits per heavy atom. The monoisotopic (exact) mass is 391 g/mol. The summed E-state index contributed by atoms with van der Waals surface area (Å²) in [6.07, 6.45) is -4.87. The molecular formula is C14H12F3N3O5S. The van der Waals surface area contributed by atoms with Crippen LogP contribution >= 0.6 is 0 Å². The number of benzene rings is 1. The van der Waals surface area contributed by atoms with Crippen molar-refractivity contribution in [2.75, 3.05) is 17.3 Å². The van der Waals surface area contributed by atoms with Gasteiger partial charge in [0.15, 0.2) is 0 Å². The van der Waals surface area contributed by atoms with Crippen molar-refractivity contribution in [1.82, 2.24) is 9.13 Å². The van der Waals surface area contributed by atoms with E-state index in [1.54, 1.807) is 0 Å². The molecular weight excluding hydrogens is 379 g/mol. The van der Waals surface area contributed by atoms with Crippen LogP contribution in [0.15, 0.2) is 33.9 Å². The quantitative estimate of drug-likeness (QED) is 0.713. The van der Waals surface area contributed by atoms with Gasteiger partial charge in [0.1, 0.15) is 11.4 Å².